The first kappa shape index (κ1) is 21.5. The van der Waals surface area contributed by atoms with E-state index in [1.54, 1.807) is 17.4 Å². The minimum Gasteiger partial charge on any atom is -0.304 e. The van der Waals surface area contributed by atoms with Crippen LogP contribution in [0.3, 0.4) is 0 Å². The molecule has 0 unspecified atom stereocenters. The number of rotatable bonds is 10. The molecule has 2 heterocycles. The maximum absolute atomic E-state index is 12.7. The van der Waals surface area contributed by atoms with E-state index in [-0.39, 0.29) is 0 Å². The van der Waals surface area contributed by atoms with E-state index >= 15 is 0 Å². The Kier molecular flexibility index (Phi) is 7.65. The van der Waals surface area contributed by atoms with Gasteiger partial charge in [0.15, 0.2) is 0 Å². The average molecular weight is 422 g/mol. The van der Waals surface area contributed by atoms with E-state index in [2.05, 4.69) is 45.2 Å². The van der Waals surface area contributed by atoms with E-state index in [0.717, 1.165) is 57.7 Å². The molecule has 3 rings (SSSR count). The van der Waals surface area contributed by atoms with Crippen LogP contribution in [0.1, 0.15) is 37.0 Å². The van der Waals surface area contributed by atoms with Gasteiger partial charge in [0.25, 0.3) is 0 Å². The molecule has 0 amide bonds. The Bertz CT molecular complexity index is 847. The van der Waals surface area contributed by atoms with Crippen molar-refractivity contribution in [1.29, 1.82) is 0 Å². The summed E-state index contributed by atoms with van der Waals surface area (Å²) in [6, 6.07) is 7.76. The largest absolute Gasteiger partial charge is 0.304 e. The molecule has 0 atom stereocenters. The Morgan fingerprint density at radius 1 is 1.18 bits per heavy atom. The molecule has 0 saturated carbocycles. The van der Waals surface area contributed by atoms with Gasteiger partial charge in [0.05, 0.1) is 4.90 Å². The summed E-state index contributed by atoms with van der Waals surface area (Å²) in [6.45, 7) is 10.4. The van der Waals surface area contributed by atoms with Gasteiger partial charge in [-0.25, -0.2) is 13.1 Å². The molecule has 28 heavy (non-hydrogen) atoms. The van der Waals surface area contributed by atoms with Crippen LogP contribution in [0.25, 0.3) is 0 Å². The van der Waals surface area contributed by atoms with Crippen molar-refractivity contribution in [3.8, 4) is 0 Å². The molecule has 5 nitrogen and oxygen atoms in total. The molecule has 0 radical (unpaired) electrons. The van der Waals surface area contributed by atoms with Gasteiger partial charge in [-0.15, -0.1) is 0 Å². The minimum atomic E-state index is -3.46. The van der Waals surface area contributed by atoms with Gasteiger partial charge in [0, 0.05) is 26.2 Å². The fourth-order valence-corrected chi connectivity index (χ4v) is 5.45. The molecule has 0 spiro atoms. The molecule has 1 aliphatic heterocycles. The van der Waals surface area contributed by atoms with Crippen LogP contribution in [0.4, 0.5) is 0 Å². The van der Waals surface area contributed by atoms with E-state index in [9.17, 15) is 8.42 Å². The van der Waals surface area contributed by atoms with E-state index in [1.807, 2.05) is 12.1 Å². The van der Waals surface area contributed by atoms with E-state index in [0.29, 0.717) is 11.4 Å². The molecule has 7 heteroatoms. The van der Waals surface area contributed by atoms with E-state index < -0.39 is 10.0 Å². The second-order valence-electron chi connectivity index (χ2n) is 7.30. The number of nitrogens with one attached hydrogen (secondary N) is 1. The van der Waals surface area contributed by atoms with Crippen molar-refractivity contribution in [2.24, 2.45) is 0 Å². The zero-order valence-electron chi connectivity index (χ0n) is 16.9. The zero-order valence-corrected chi connectivity index (χ0v) is 18.5. The summed E-state index contributed by atoms with van der Waals surface area (Å²) in [5.41, 5.74) is 3.72. The Hall–Kier alpha value is -1.25. The van der Waals surface area contributed by atoms with Crippen molar-refractivity contribution in [3.05, 3.63) is 51.7 Å². The lowest BCUT2D eigenvalue weighted by Gasteiger charge is -2.28. The Morgan fingerprint density at radius 2 is 2.00 bits per heavy atom. The van der Waals surface area contributed by atoms with Crippen LogP contribution in [-0.2, 0) is 29.5 Å². The van der Waals surface area contributed by atoms with Crippen LogP contribution in [0, 0.1) is 0 Å². The summed E-state index contributed by atoms with van der Waals surface area (Å²) in [5.74, 6) is 0. The monoisotopic (exact) mass is 421 g/mol. The molecule has 2 aromatic rings. The standard InChI is InChI=1S/C21H31N3O2S2/c1-3-23(4-2)11-5-10-22-28(25,26)21-7-6-19-8-12-24(16-20(19)14-21)15-18-9-13-27-17-18/h6-7,9,13-14,17,22H,3-5,8,10-12,15-16H2,1-2H3. The molecule has 154 valence electrons. The summed E-state index contributed by atoms with van der Waals surface area (Å²) in [5, 5.41) is 4.28. The van der Waals surface area contributed by atoms with Gasteiger partial charge in [-0.2, -0.15) is 11.3 Å². The fourth-order valence-electron chi connectivity index (χ4n) is 3.67. The van der Waals surface area contributed by atoms with Crippen molar-refractivity contribution >= 4 is 21.4 Å². The highest BCUT2D eigenvalue weighted by atomic mass is 32.2. The topological polar surface area (TPSA) is 52.7 Å². The Labute approximate surface area is 173 Å². The van der Waals surface area contributed by atoms with Gasteiger partial charge in [-0.3, -0.25) is 4.90 Å². The quantitative estimate of drug-likeness (QED) is 0.598. The van der Waals surface area contributed by atoms with Crippen molar-refractivity contribution in [3.63, 3.8) is 0 Å². The highest BCUT2D eigenvalue weighted by molar-refractivity contribution is 7.89. The van der Waals surface area contributed by atoms with Crippen LogP contribution in [0.5, 0.6) is 0 Å². The number of nitrogens with zero attached hydrogens (tertiary/aromatic N) is 2. The average Bonchev–Trinajstić information content (AvgIpc) is 3.20. The first-order valence-electron chi connectivity index (χ1n) is 10.1. The zero-order chi connectivity index (χ0) is 20.0. The van der Waals surface area contributed by atoms with Crippen molar-refractivity contribution in [2.45, 2.75) is 44.7 Å². The maximum Gasteiger partial charge on any atom is 0.240 e. The van der Waals surface area contributed by atoms with Gasteiger partial charge in [0.1, 0.15) is 0 Å². The van der Waals surface area contributed by atoms with Crippen molar-refractivity contribution < 1.29 is 8.42 Å². The summed E-state index contributed by atoms with van der Waals surface area (Å²) in [4.78, 5) is 5.07. The van der Waals surface area contributed by atoms with Gasteiger partial charge < -0.3 is 4.90 Å². The molecule has 0 fully saturated rings. The Morgan fingerprint density at radius 3 is 2.71 bits per heavy atom. The lowest BCUT2D eigenvalue weighted by Crippen LogP contribution is -2.31. The van der Waals surface area contributed by atoms with E-state index in [4.69, 9.17) is 0 Å². The molecule has 1 N–H and O–H groups in total. The first-order chi connectivity index (χ1) is 13.5. The van der Waals surface area contributed by atoms with Crippen molar-refractivity contribution in [1.82, 2.24) is 14.5 Å². The number of fused-ring (bicyclic) bond motifs is 1. The molecule has 0 aliphatic carbocycles. The van der Waals surface area contributed by atoms with Crippen LogP contribution in [0.2, 0.25) is 0 Å². The molecule has 0 saturated heterocycles. The Balaban J connectivity index is 1.60. The van der Waals surface area contributed by atoms with Crippen molar-refractivity contribution in [2.75, 3.05) is 32.7 Å². The first-order valence-corrected chi connectivity index (χ1v) is 12.5. The normalized spacial score (nSPS) is 15.1. The third-order valence-electron chi connectivity index (χ3n) is 5.40. The number of hydrogen-bond donors (Lipinski definition) is 1. The van der Waals surface area contributed by atoms with Gasteiger partial charge in [-0.05, 0) is 78.1 Å². The predicted molar refractivity (Wildman–Crippen MR) is 116 cm³/mol. The number of sulfonamides is 1. The molecule has 1 aromatic heterocycles. The van der Waals surface area contributed by atoms with Gasteiger partial charge in [0.2, 0.25) is 10.0 Å². The summed E-state index contributed by atoms with van der Waals surface area (Å²) < 4.78 is 28.2. The molecular weight excluding hydrogens is 390 g/mol. The maximum atomic E-state index is 12.7. The highest BCUT2D eigenvalue weighted by Gasteiger charge is 2.20. The van der Waals surface area contributed by atoms with Crippen LogP contribution in [0.15, 0.2) is 39.9 Å². The molecule has 1 aromatic carbocycles. The highest BCUT2D eigenvalue weighted by Crippen LogP contribution is 2.24. The lowest BCUT2D eigenvalue weighted by atomic mass is 9.99. The SMILES string of the molecule is CCN(CC)CCCNS(=O)(=O)c1ccc2c(c1)CN(Cc1ccsc1)CC2. The second-order valence-corrected chi connectivity index (χ2v) is 9.85. The number of thiophene rings is 1. The summed E-state index contributed by atoms with van der Waals surface area (Å²) in [6.07, 6.45) is 1.79. The lowest BCUT2D eigenvalue weighted by molar-refractivity contribution is 0.245. The van der Waals surface area contributed by atoms with Crippen LogP contribution in [-0.4, -0.2) is 50.9 Å². The summed E-state index contributed by atoms with van der Waals surface area (Å²) >= 11 is 1.72. The fraction of sp³-hybridized carbons (Fsp3) is 0.524. The van der Waals surface area contributed by atoms with E-state index in [1.165, 1.54) is 11.1 Å². The van der Waals surface area contributed by atoms with Crippen LogP contribution >= 0.6 is 11.3 Å². The third kappa shape index (κ3) is 5.64. The molecule has 0 bridgehead atoms. The van der Waals surface area contributed by atoms with Gasteiger partial charge >= 0.3 is 0 Å². The van der Waals surface area contributed by atoms with Gasteiger partial charge in [-0.1, -0.05) is 19.9 Å². The summed E-state index contributed by atoms with van der Waals surface area (Å²) in [7, 11) is -3.46. The smallest absolute Gasteiger partial charge is 0.240 e. The number of hydrogen-bond acceptors (Lipinski definition) is 5. The third-order valence-corrected chi connectivity index (χ3v) is 7.59. The second kappa shape index (κ2) is 9.98. The molecular formula is C21H31N3O2S2. The molecule has 1 aliphatic rings. The number of benzene rings is 1. The van der Waals surface area contributed by atoms with Crippen LogP contribution < -0.4 is 4.72 Å². The predicted octanol–water partition coefficient (Wildman–Crippen LogP) is 3.32. The minimum absolute atomic E-state index is 0.381.